The number of hydrogen-bond donors (Lipinski definition) is 2. The fourth-order valence-electron chi connectivity index (χ4n) is 1.40. The van der Waals surface area contributed by atoms with Crippen molar-refractivity contribution in [3.05, 3.63) is 0 Å². The van der Waals surface area contributed by atoms with E-state index in [0.717, 1.165) is 0 Å². The maximum atomic E-state index is 11.3. The van der Waals surface area contributed by atoms with E-state index in [9.17, 15) is 13.2 Å². The summed E-state index contributed by atoms with van der Waals surface area (Å²) < 4.78 is 22.5. The third-order valence-electron chi connectivity index (χ3n) is 2.55. The van der Waals surface area contributed by atoms with E-state index < -0.39 is 33.1 Å². The lowest BCUT2D eigenvalue weighted by Gasteiger charge is -2.07. The molecule has 6 heteroatoms. The van der Waals surface area contributed by atoms with Crippen molar-refractivity contribution < 1.29 is 23.4 Å². The van der Waals surface area contributed by atoms with Gasteiger partial charge in [0, 0.05) is 5.75 Å². The molecule has 0 aromatic rings. The Kier molecular flexibility index (Phi) is 2.38. The molecule has 1 rings (SSSR count). The molecule has 0 aromatic heterocycles. The first-order valence-electron chi connectivity index (χ1n) is 3.96. The lowest BCUT2D eigenvalue weighted by atomic mass is 10.1. The van der Waals surface area contributed by atoms with Crippen LogP contribution in [-0.2, 0) is 14.6 Å². The van der Waals surface area contributed by atoms with Crippen molar-refractivity contribution in [3.8, 4) is 0 Å². The van der Waals surface area contributed by atoms with Crippen molar-refractivity contribution in [2.75, 3.05) is 12.4 Å². The van der Waals surface area contributed by atoms with Gasteiger partial charge < -0.3 is 10.2 Å². The van der Waals surface area contributed by atoms with Gasteiger partial charge in [0.2, 0.25) is 0 Å². The first-order valence-corrected chi connectivity index (χ1v) is 5.68. The first-order chi connectivity index (χ1) is 5.90. The molecule has 0 saturated heterocycles. The van der Waals surface area contributed by atoms with Gasteiger partial charge in [-0.3, -0.25) is 4.79 Å². The van der Waals surface area contributed by atoms with Crippen molar-refractivity contribution in [2.24, 2.45) is 5.41 Å². The summed E-state index contributed by atoms with van der Waals surface area (Å²) in [6, 6.07) is 0. The van der Waals surface area contributed by atoms with Crippen molar-refractivity contribution in [2.45, 2.75) is 18.6 Å². The number of rotatable bonds is 4. The SMILES string of the molecule is CCS(=O)(=O)[C@@H]1C[C@@]1(CO)C(=O)O. The van der Waals surface area contributed by atoms with E-state index in [4.69, 9.17) is 10.2 Å². The summed E-state index contributed by atoms with van der Waals surface area (Å²) in [7, 11) is -3.33. The van der Waals surface area contributed by atoms with Crippen LogP contribution in [0.25, 0.3) is 0 Å². The van der Waals surface area contributed by atoms with E-state index >= 15 is 0 Å². The molecule has 0 heterocycles. The van der Waals surface area contributed by atoms with Crippen LogP contribution in [0, 0.1) is 5.41 Å². The van der Waals surface area contributed by atoms with E-state index in [1.165, 1.54) is 6.92 Å². The zero-order valence-electron chi connectivity index (χ0n) is 7.23. The first kappa shape index (κ1) is 10.5. The quantitative estimate of drug-likeness (QED) is 0.634. The standard InChI is InChI=1S/C7H12O5S/c1-2-13(11,12)5-3-7(5,4-8)6(9)10/h5,8H,2-4H2,1H3,(H,9,10)/t5-,7+/m1/s1. The van der Waals surface area contributed by atoms with Gasteiger partial charge in [0.1, 0.15) is 5.41 Å². The van der Waals surface area contributed by atoms with Crippen molar-refractivity contribution >= 4 is 15.8 Å². The number of aliphatic carboxylic acids is 1. The van der Waals surface area contributed by atoms with Gasteiger partial charge in [-0.05, 0) is 6.42 Å². The largest absolute Gasteiger partial charge is 0.481 e. The fraction of sp³-hybridized carbons (Fsp3) is 0.857. The molecular weight excluding hydrogens is 196 g/mol. The number of hydrogen-bond acceptors (Lipinski definition) is 4. The molecule has 0 amide bonds. The van der Waals surface area contributed by atoms with Crippen LogP contribution in [-0.4, -0.2) is 42.2 Å². The summed E-state index contributed by atoms with van der Waals surface area (Å²) in [6.45, 7) is 0.865. The van der Waals surface area contributed by atoms with Gasteiger partial charge >= 0.3 is 5.97 Å². The second-order valence-electron chi connectivity index (χ2n) is 3.26. The predicted molar refractivity (Wildman–Crippen MR) is 45.0 cm³/mol. The van der Waals surface area contributed by atoms with Gasteiger partial charge in [0.25, 0.3) is 0 Å². The second kappa shape index (κ2) is 2.95. The topological polar surface area (TPSA) is 91.7 Å². The highest BCUT2D eigenvalue weighted by atomic mass is 32.2. The van der Waals surface area contributed by atoms with Crippen LogP contribution in [0.15, 0.2) is 0 Å². The highest BCUT2D eigenvalue weighted by molar-refractivity contribution is 7.92. The van der Waals surface area contributed by atoms with Crippen LogP contribution in [0.3, 0.4) is 0 Å². The molecule has 0 aromatic carbocycles. The molecule has 0 radical (unpaired) electrons. The minimum Gasteiger partial charge on any atom is -0.481 e. The number of carbonyl (C=O) groups is 1. The van der Waals surface area contributed by atoms with Crippen LogP contribution < -0.4 is 0 Å². The normalized spacial score (nSPS) is 32.9. The van der Waals surface area contributed by atoms with E-state index in [1.807, 2.05) is 0 Å². The molecule has 1 fully saturated rings. The highest BCUT2D eigenvalue weighted by Crippen LogP contribution is 2.50. The summed E-state index contributed by atoms with van der Waals surface area (Å²) in [5.74, 6) is -1.30. The van der Waals surface area contributed by atoms with Crippen molar-refractivity contribution in [3.63, 3.8) is 0 Å². The molecule has 0 aliphatic heterocycles. The molecule has 76 valence electrons. The minimum absolute atomic E-state index is 0.0367. The van der Waals surface area contributed by atoms with Crippen LogP contribution in [0.1, 0.15) is 13.3 Å². The van der Waals surface area contributed by atoms with E-state index in [1.54, 1.807) is 0 Å². The van der Waals surface area contributed by atoms with Gasteiger partial charge in [0.05, 0.1) is 11.9 Å². The van der Waals surface area contributed by atoms with Gasteiger partial charge in [-0.15, -0.1) is 0 Å². The molecular formula is C7H12O5S. The Labute approximate surface area is 76.3 Å². The summed E-state index contributed by atoms with van der Waals surface area (Å²) >= 11 is 0. The summed E-state index contributed by atoms with van der Waals surface area (Å²) in [5.41, 5.74) is -1.42. The Hall–Kier alpha value is -0.620. The van der Waals surface area contributed by atoms with E-state index in [0.29, 0.717) is 0 Å². The van der Waals surface area contributed by atoms with Crippen molar-refractivity contribution in [1.82, 2.24) is 0 Å². The number of aliphatic hydroxyl groups is 1. The smallest absolute Gasteiger partial charge is 0.313 e. The molecule has 13 heavy (non-hydrogen) atoms. The van der Waals surface area contributed by atoms with Crippen LogP contribution in [0.2, 0.25) is 0 Å². The van der Waals surface area contributed by atoms with E-state index in [-0.39, 0.29) is 12.2 Å². The number of carboxylic acid groups (broad SMARTS) is 1. The average Bonchev–Trinajstić information content (AvgIpc) is 2.80. The van der Waals surface area contributed by atoms with Crippen molar-refractivity contribution in [1.29, 1.82) is 0 Å². The fourth-order valence-corrected chi connectivity index (χ4v) is 3.22. The molecule has 0 spiro atoms. The lowest BCUT2D eigenvalue weighted by molar-refractivity contribution is -0.144. The average molecular weight is 208 g/mol. The third-order valence-corrected chi connectivity index (χ3v) is 4.84. The van der Waals surface area contributed by atoms with Crippen LogP contribution in [0.5, 0.6) is 0 Å². The molecule has 0 bridgehead atoms. The molecule has 1 aliphatic rings. The van der Waals surface area contributed by atoms with Gasteiger partial charge in [-0.1, -0.05) is 6.92 Å². The second-order valence-corrected chi connectivity index (χ2v) is 5.74. The molecule has 5 nitrogen and oxygen atoms in total. The summed E-state index contributed by atoms with van der Waals surface area (Å²) in [6.07, 6.45) is 0.0367. The molecule has 0 unspecified atom stereocenters. The van der Waals surface area contributed by atoms with Crippen LogP contribution in [0.4, 0.5) is 0 Å². The number of aliphatic hydroxyl groups excluding tert-OH is 1. The Morgan fingerprint density at radius 1 is 1.62 bits per heavy atom. The molecule has 2 N–H and O–H groups in total. The number of carboxylic acids is 1. The zero-order chi connectivity index (χ0) is 10.3. The Morgan fingerprint density at radius 3 is 2.38 bits per heavy atom. The monoisotopic (exact) mass is 208 g/mol. The molecule has 1 saturated carbocycles. The van der Waals surface area contributed by atoms with E-state index in [2.05, 4.69) is 0 Å². The Bertz CT molecular complexity index is 320. The van der Waals surface area contributed by atoms with Crippen LogP contribution >= 0.6 is 0 Å². The zero-order valence-corrected chi connectivity index (χ0v) is 8.04. The summed E-state index contributed by atoms with van der Waals surface area (Å²) in [4.78, 5) is 10.7. The minimum atomic E-state index is -3.33. The van der Waals surface area contributed by atoms with Gasteiger partial charge in [-0.25, -0.2) is 8.42 Å². The molecule has 2 atom stereocenters. The predicted octanol–water partition coefficient (Wildman–Crippen LogP) is -0.743. The maximum Gasteiger partial charge on any atom is 0.313 e. The maximum absolute atomic E-state index is 11.3. The van der Waals surface area contributed by atoms with Gasteiger partial charge in [-0.2, -0.15) is 0 Å². The Balaban J connectivity index is 2.89. The Morgan fingerprint density at radius 2 is 2.15 bits per heavy atom. The van der Waals surface area contributed by atoms with Gasteiger partial charge in [0.15, 0.2) is 9.84 Å². The lowest BCUT2D eigenvalue weighted by Crippen LogP contribution is -2.28. The number of sulfone groups is 1. The third kappa shape index (κ3) is 1.44. The molecule has 1 aliphatic carbocycles. The highest BCUT2D eigenvalue weighted by Gasteiger charge is 2.65. The summed E-state index contributed by atoms with van der Waals surface area (Å²) in [5, 5.41) is 16.6.